The van der Waals surface area contributed by atoms with Crippen LogP contribution in [0.5, 0.6) is 0 Å². The van der Waals surface area contributed by atoms with Crippen molar-refractivity contribution in [2.75, 3.05) is 0 Å². The van der Waals surface area contributed by atoms with E-state index < -0.39 is 5.97 Å². The molecule has 1 unspecified atom stereocenters. The number of fused-ring (bicyclic) bond motifs is 1. The van der Waals surface area contributed by atoms with Crippen LogP contribution in [0.1, 0.15) is 40.7 Å². The summed E-state index contributed by atoms with van der Waals surface area (Å²) in [6.07, 6.45) is 4.71. The Kier molecular flexibility index (Phi) is 3.57. The summed E-state index contributed by atoms with van der Waals surface area (Å²) in [6, 6.07) is 7.00. The summed E-state index contributed by atoms with van der Waals surface area (Å²) in [5.74, 6) is -0.0917. The maximum atomic E-state index is 10.9. The third-order valence-corrected chi connectivity index (χ3v) is 5.17. The average molecular weight is 287 g/mol. The minimum atomic E-state index is -0.888. The number of aromatic nitrogens is 1. The van der Waals surface area contributed by atoms with Crippen LogP contribution in [0.4, 0.5) is 0 Å². The maximum absolute atomic E-state index is 10.9. The Morgan fingerprint density at radius 2 is 2.15 bits per heavy atom. The van der Waals surface area contributed by atoms with Crippen molar-refractivity contribution < 1.29 is 9.90 Å². The van der Waals surface area contributed by atoms with E-state index in [-0.39, 0.29) is 0 Å². The van der Waals surface area contributed by atoms with E-state index in [0.29, 0.717) is 5.56 Å². The summed E-state index contributed by atoms with van der Waals surface area (Å²) in [4.78, 5) is 17.0. The number of thiazole rings is 1. The molecule has 1 aromatic carbocycles. The smallest absolute Gasteiger partial charge is 0.335 e. The van der Waals surface area contributed by atoms with Crippen LogP contribution >= 0.6 is 11.3 Å². The van der Waals surface area contributed by atoms with Gasteiger partial charge in [-0.15, -0.1) is 11.3 Å². The highest BCUT2D eigenvalue weighted by Crippen LogP contribution is 2.35. The Balaban J connectivity index is 1.88. The molecule has 1 heterocycles. The Hall–Kier alpha value is -1.68. The first-order valence-electron chi connectivity index (χ1n) is 6.99. The van der Waals surface area contributed by atoms with Gasteiger partial charge in [0.1, 0.15) is 5.01 Å². The lowest BCUT2D eigenvalue weighted by molar-refractivity contribution is 0.0697. The second-order valence-electron chi connectivity index (χ2n) is 5.29. The van der Waals surface area contributed by atoms with Gasteiger partial charge in [0.15, 0.2) is 0 Å². The largest absolute Gasteiger partial charge is 0.478 e. The molecule has 1 N–H and O–H groups in total. The third-order valence-electron chi connectivity index (χ3n) is 4.00. The molecule has 1 atom stereocenters. The number of hydrogen-bond acceptors (Lipinski definition) is 3. The van der Waals surface area contributed by atoms with Crippen LogP contribution in [0.25, 0.3) is 10.6 Å². The molecule has 0 aliphatic heterocycles. The topological polar surface area (TPSA) is 50.2 Å². The Bertz CT molecular complexity index is 630. The van der Waals surface area contributed by atoms with Crippen LogP contribution in [0.3, 0.4) is 0 Å². The van der Waals surface area contributed by atoms with Crippen molar-refractivity contribution in [2.45, 2.75) is 32.6 Å². The number of carboxylic acids is 1. The molecular formula is C16H17NO2S. The molecule has 1 aliphatic rings. The van der Waals surface area contributed by atoms with Crippen LogP contribution in [-0.2, 0) is 12.8 Å². The number of aromatic carboxylic acids is 1. The van der Waals surface area contributed by atoms with E-state index >= 15 is 0 Å². The van der Waals surface area contributed by atoms with Gasteiger partial charge in [-0.3, -0.25) is 0 Å². The predicted octanol–water partition coefficient (Wildman–Crippen LogP) is 4.02. The van der Waals surface area contributed by atoms with E-state index in [2.05, 4.69) is 6.92 Å². The van der Waals surface area contributed by atoms with Crippen LogP contribution < -0.4 is 0 Å². The molecule has 0 fully saturated rings. The number of hydrogen-bond donors (Lipinski definition) is 1. The first-order valence-corrected chi connectivity index (χ1v) is 7.81. The van der Waals surface area contributed by atoms with Crippen molar-refractivity contribution >= 4 is 17.3 Å². The van der Waals surface area contributed by atoms with Gasteiger partial charge in [0, 0.05) is 10.4 Å². The van der Waals surface area contributed by atoms with Gasteiger partial charge in [-0.1, -0.05) is 25.5 Å². The zero-order chi connectivity index (χ0) is 14.1. The predicted molar refractivity (Wildman–Crippen MR) is 80.3 cm³/mol. The van der Waals surface area contributed by atoms with Gasteiger partial charge in [0.25, 0.3) is 0 Å². The monoisotopic (exact) mass is 287 g/mol. The minimum Gasteiger partial charge on any atom is -0.478 e. The van der Waals surface area contributed by atoms with Gasteiger partial charge >= 0.3 is 5.97 Å². The van der Waals surface area contributed by atoms with Gasteiger partial charge in [-0.05, 0) is 37.3 Å². The van der Waals surface area contributed by atoms with Crippen molar-refractivity contribution in [2.24, 2.45) is 5.92 Å². The second-order valence-corrected chi connectivity index (χ2v) is 6.37. The molecular weight excluding hydrogens is 270 g/mol. The van der Waals surface area contributed by atoms with Gasteiger partial charge in [0.05, 0.1) is 11.3 Å². The van der Waals surface area contributed by atoms with Crippen LogP contribution in [0.2, 0.25) is 0 Å². The van der Waals surface area contributed by atoms with Crippen LogP contribution in [0, 0.1) is 5.92 Å². The number of carboxylic acid groups (broad SMARTS) is 1. The zero-order valence-electron chi connectivity index (χ0n) is 11.4. The molecule has 3 nitrogen and oxygen atoms in total. The highest BCUT2D eigenvalue weighted by atomic mass is 32.1. The number of nitrogens with zero attached hydrogens (tertiary/aromatic N) is 1. The standard InChI is InChI=1S/C16H17NO2S/c1-2-10-3-8-13-14(9-10)20-15(17-13)11-4-6-12(7-5-11)16(18)19/h4-7,10H,2-3,8-9H2,1H3,(H,18,19). The maximum Gasteiger partial charge on any atom is 0.335 e. The zero-order valence-corrected chi connectivity index (χ0v) is 12.2. The summed E-state index contributed by atoms with van der Waals surface area (Å²) < 4.78 is 0. The Morgan fingerprint density at radius 3 is 2.80 bits per heavy atom. The fraction of sp³-hybridized carbons (Fsp3) is 0.375. The molecule has 104 valence electrons. The highest BCUT2D eigenvalue weighted by Gasteiger charge is 2.21. The normalized spacial score (nSPS) is 17.8. The average Bonchev–Trinajstić information content (AvgIpc) is 2.90. The van der Waals surface area contributed by atoms with Crippen LogP contribution in [0.15, 0.2) is 24.3 Å². The molecule has 0 radical (unpaired) electrons. The minimum absolute atomic E-state index is 0.320. The van der Waals surface area contributed by atoms with Crippen molar-refractivity contribution in [1.82, 2.24) is 4.98 Å². The molecule has 1 aromatic heterocycles. The molecule has 0 saturated carbocycles. The van der Waals surface area contributed by atoms with Crippen molar-refractivity contribution in [3.8, 4) is 10.6 Å². The molecule has 2 aromatic rings. The molecule has 20 heavy (non-hydrogen) atoms. The number of aryl methyl sites for hydroxylation is 1. The molecule has 0 saturated heterocycles. The lowest BCUT2D eigenvalue weighted by atomic mass is 9.89. The summed E-state index contributed by atoms with van der Waals surface area (Å²) >= 11 is 1.76. The van der Waals surface area contributed by atoms with Gasteiger partial charge in [0.2, 0.25) is 0 Å². The molecule has 3 rings (SSSR count). The molecule has 0 amide bonds. The molecule has 1 aliphatic carbocycles. The number of benzene rings is 1. The van der Waals surface area contributed by atoms with Crippen LogP contribution in [-0.4, -0.2) is 16.1 Å². The quantitative estimate of drug-likeness (QED) is 0.927. The van der Waals surface area contributed by atoms with E-state index in [1.54, 1.807) is 23.5 Å². The summed E-state index contributed by atoms with van der Waals surface area (Å²) in [7, 11) is 0. The summed E-state index contributed by atoms with van der Waals surface area (Å²) in [5, 5.41) is 9.94. The number of rotatable bonds is 3. The van der Waals surface area contributed by atoms with Crippen molar-refractivity contribution in [3.63, 3.8) is 0 Å². The highest BCUT2D eigenvalue weighted by molar-refractivity contribution is 7.15. The fourth-order valence-corrected chi connectivity index (χ4v) is 3.90. The van der Waals surface area contributed by atoms with E-state index in [9.17, 15) is 4.79 Å². The first-order chi connectivity index (χ1) is 9.67. The van der Waals surface area contributed by atoms with Crippen molar-refractivity contribution in [3.05, 3.63) is 40.4 Å². The van der Waals surface area contributed by atoms with Gasteiger partial charge in [-0.2, -0.15) is 0 Å². The van der Waals surface area contributed by atoms with Gasteiger partial charge in [-0.25, -0.2) is 9.78 Å². The van der Waals surface area contributed by atoms with Gasteiger partial charge < -0.3 is 5.11 Å². The van der Waals surface area contributed by atoms with E-state index in [0.717, 1.165) is 29.3 Å². The van der Waals surface area contributed by atoms with Crippen molar-refractivity contribution in [1.29, 1.82) is 0 Å². The molecule has 0 spiro atoms. The second kappa shape index (κ2) is 5.37. The third kappa shape index (κ3) is 2.48. The van der Waals surface area contributed by atoms with E-state index in [1.165, 1.54) is 23.4 Å². The van der Waals surface area contributed by atoms with E-state index in [1.807, 2.05) is 12.1 Å². The van der Waals surface area contributed by atoms with E-state index in [4.69, 9.17) is 10.1 Å². The lowest BCUT2D eigenvalue weighted by Crippen LogP contribution is -2.11. The summed E-state index contributed by atoms with van der Waals surface area (Å²) in [6.45, 7) is 2.25. The SMILES string of the molecule is CCC1CCc2nc(-c3ccc(C(=O)O)cc3)sc2C1. The summed E-state index contributed by atoms with van der Waals surface area (Å²) in [5.41, 5.74) is 2.58. The Labute approximate surface area is 122 Å². The Morgan fingerprint density at radius 1 is 1.40 bits per heavy atom. The first kappa shape index (κ1) is 13.3. The lowest BCUT2D eigenvalue weighted by Gasteiger charge is -2.18. The molecule has 0 bridgehead atoms. The number of carbonyl (C=O) groups is 1. The fourth-order valence-electron chi connectivity index (χ4n) is 2.67. The molecule has 4 heteroatoms.